The molecule has 40 heavy (non-hydrogen) atoms. The number of hydrogen-bond acceptors (Lipinski definition) is 4. The van der Waals surface area contributed by atoms with E-state index in [1.54, 1.807) is 12.1 Å². The molecule has 1 atom stereocenters. The zero-order valence-electron chi connectivity index (χ0n) is 23.4. The molecule has 0 saturated heterocycles. The van der Waals surface area contributed by atoms with Crippen LogP contribution in [0.1, 0.15) is 51.8 Å². The lowest BCUT2D eigenvalue weighted by molar-refractivity contribution is -0.493. The van der Waals surface area contributed by atoms with E-state index in [9.17, 15) is 18.1 Å². The molecule has 0 aliphatic heterocycles. The molecule has 0 radical (unpaired) electrons. The average Bonchev–Trinajstić information content (AvgIpc) is 3.05. The predicted octanol–water partition coefficient (Wildman–Crippen LogP) is 5.77. The van der Waals surface area contributed by atoms with Crippen LogP contribution in [0.15, 0.2) is 102 Å². The molecule has 5 rings (SSSR count). The van der Waals surface area contributed by atoms with Crippen molar-refractivity contribution in [1.82, 2.24) is 0 Å². The molecular formula is C34H37NO4S. The van der Waals surface area contributed by atoms with Crippen LogP contribution in [-0.2, 0) is 28.6 Å². The van der Waals surface area contributed by atoms with Gasteiger partial charge in [0.1, 0.15) is 29.3 Å². The maximum atomic E-state index is 12.1. The number of aryl methyl sites for hydroxylation is 3. The molecule has 1 aliphatic rings. The minimum absolute atomic E-state index is 0.178. The van der Waals surface area contributed by atoms with Crippen molar-refractivity contribution in [3.05, 3.63) is 136 Å². The van der Waals surface area contributed by atoms with Gasteiger partial charge in [-0.3, -0.25) is 0 Å². The molecule has 0 heterocycles. The standard InChI is InChI=1S/C27H30NO.C7H8O3S/c1-21-10-8-15-26-24(21)17-16-23-13-6-7-14-25(23)27(26,29)18-9-19-28(2)20-22-11-4-3-5-12-22;1-6-2-4-7(5-3-6)11(8,9)10/h3-8,10-15,20,29H,9,16-19H2,1-2H3;2-5H,1H3,(H,8,9,10)/q+1;/p-1. The summed E-state index contributed by atoms with van der Waals surface area (Å²) in [6, 6.07) is 31.0. The highest BCUT2D eigenvalue weighted by Gasteiger charge is 2.37. The molecule has 4 aromatic rings. The summed E-state index contributed by atoms with van der Waals surface area (Å²) in [6.07, 6.45) is 5.77. The van der Waals surface area contributed by atoms with Crippen LogP contribution in [0.5, 0.6) is 0 Å². The van der Waals surface area contributed by atoms with Crippen molar-refractivity contribution in [3.8, 4) is 0 Å². The van der Waals surface area contributed by atoms with Gasteiger partial charge in [0.05, 0.1) is 4.90 Å². The van der Waals surface area contributed by atoms with Crippen molar-refractivity contribution in [1.29, 1.82) is 0 Å². The second-order valence-corrected chi connectivity index (χ2v) is 11.9. The van der Waals surface area contributed by atoms with Crippen molar-refractivity contribution in [2.45, 2.75) is 50.0 Å². The predicted molar refractivity (Wildman–Crippen MR) is 159 cm³/mol. The Kier molecular flexibility index (Phi) is 9.36. The highest BCUT2D eigenvalue weighted by atomic mass is 32.2. The molecule has 1 N–H and O–H groups in total. The van der Waals surface area contributed by atoms with E-state index in [0.29, 0.717) is 6.42 Å². The summed E-state index contributed by atoms with van der Waals surface area (Å²) < 4.78 is 33.4. The maximum Gasteiger partial charge on any atom is 0.170 e. The summed E-state index contributed by atoms with van der Waals surface area (Å²) in [4.78, 5) is -0.178. The lowest BCUT2D eigenvalue weighted by Crippen LogP contribution is -2.30. The fourth-order valence-corrected chi connectivity index (χ4v) is 5.85. The van der Waals surface area contributed by atoms with Crippen LogP contribution in [0.3, 0.4) is 0 Å². The zero-order valence-corrected chi connectivity index (χ0v) is 24.2. The monoisotopic (exact) mass is 555 g/mol. The molecule has 0 aromatic heterocycles. The van der Waals surface area contributed by atoms with Gasteiger partial charge in [-0.1, -0.05) is 78.4 Å². The van der Waals surface area contributed by atoms with Crippen LogP contribution in [-0.4, -0.2) is 42.5 Å². The van der Waals surface area contributed by atoms with E-state index in [-0.39, 0.29) is 4.90 Å². The van der Waals surface area contributed by atoms with Gasteiger partial charge in [-0.25, -0.2) is 13.0 Å². The van der Waals surface area contributed by atoms with E-state index in [1.165, 1.54) is 34.4 Å². The van der Waals surface area contributed by atoms with E-state index in [0.717, 1.165) is 42.5 Å². The molecule has 5 nitrogen and oxygen atoms in total. The Bertz CT molecular complexity index is 1580. The molecule has 1 aliphatic carbocycles. The molecule has 0 amide bonds. The van der Waals surface area contributed by atoms with Crippen molar-refractivity contribution in [3.63, 3.8) is 0 Å². The van der Waals surface area contributed by atoms with Gasteiger partial charge >= 0.3 is 0 Å². The third-order valence-electron chi connectivity index (χ3n) is 7.49. The molecular weight excluding hydrogens is 518 g/mol. The summed E-state index contributed by atoms with van der Waals surface area (Å²) in [5.41, 5.74) is 7.25. The number of benzene rings is 4. The van der Waals surface area contributed by atoms with Gasteiger partial charge in [-0.2, -0.15) is 0 Å². The number of aliphatic hydroxyl groups is 1. The normalized spacial score (nSPS) is 16.7. The topological polar surface area (TPSA) is 80.4 Å². The van der Waals surface area contributed by atoms with E-state index < -0.39 is 15.7 Å². The van der Waals surface area contributed by atoms with E-state index in [4.69, 9.17) is 0 Å². The Hall–Kier alpha value is -3.58. The highest BCUT2D eigenvalue weighted by molar-refractivity contribution is 7.85. The first-order valence-electron chi connectivity index (χ1n) is 13.6. The largest absolute Gasteiger partial charge is 0.744 e. The van der Waals surface area contributed by atoms with Crippen molar-refractivity contribution in [2.75, 3.05) is 13.6 Å². The van der Waals surface area contributed by atoms with Crippen LogP contribution < -0.4 is 0 Å². The number of nitrogens with zero attached hydrogens (tertiary/aromatic N) is 1. The zero-order chi connectivity index (χ0) is 28.8. The Morgan fingerprint density at radius 2 is 1.50 bits per heavy atom. The first-order valence-corrected chi connectivity index (χ1v) is 15.0. The summed E-state index contributed by atoms with van der Waals surface area (Å²) in [6.45, 7) is 4.89. The quantitative estimate of drug-likeness (QED) is 0.186. The Balaban J connectivity index is 0.000000283. The second kappa shape index (κ2) is 12.7. The van der Waals surface area contributed by atoms with Gasteiger partial charge < -0.3 is 9.66 Å². The summed E-state index contributed by atoms with van der Waals surface area (Å²) in [7, 11) is -2.16. The Labute approximate surface area is 238 Å². The van der Waals surface area contributed by atoms with E-state index in [1.807, 2.05) is 13.0 Å². The first kappa shape index (κ1) is 29.4. The van der Waals surface area contributed by atoms with Gasteiger partial charge in [0.25, 0.3) is 0 Å². The highest BCUT2D eigenvalue weighted by Crippen LogP contribution is 2.41. The molecule has 208 valence electrons. The number of fused-ring (bicyclic) bond motifs is 2. The van der Waals surface area contributed by atoms with Crippen molar-refractivity contribution in [2.24, 2.45) is 0 Å². The third-order valence-corrected chi connectivity index (χ3v) is 8.34. The lowest BCUT2D eigenvalue weighted by Gasteiger charge is -2.31. The Morgan fingerprint density at radius 1 is 0.850 bits per heavy atom. The second-order valence-electron chi connectivity index (χ2n) is 10.5. The van der Waals surface area contributed by atoms with Gasteiger partial charge in [-0.15, -0.1) is 0 Å². The molecule has 6 heteroatoms. The van der Waals surface area contributed by atoms with Crippen LogP contribution >= 0.6 is 0 Å². The fraction of sp³-hybridized carbons (Fsp3) is 0.265. The number of hydrogen-bond donors (Lipinski definition) is 1. The van der Waals surface area contributed by atoms with Crippen LogP contribution in [0.2, 0.25) is 0 Å². The van der Waals surface area contributed by atoms with E-state index in [2.05, 4.69) is 91.5 Å². The average molecular weight is 556 g/mol. The van der Waals surface area contributed by atoms with Crippen LogP contribution in [0, 0.1) is 13.8 Å². The molecule has 0 saturated carbocycles. The van der Waals surface area contributed by atoms with Crippen molar-refractivity contribution < 1.29 is 22.7 Å². The SMILES string of the molecule is Cc1ccc(S(=O)(=O)[O-])cc1.Cc1cccc2c1CCc1ccccc1C2(O)CCC[N+](C)=Cc1ccccc1. The van der Waals surface area contributed by atoms with E-state index >= 15 is 0 Å². The molecule has 0 bridgehead atoms. The minimum Gasteiger partial charge on any atom is -0.744 e. The minimum atomic E-state index is -4.27. The molecule has 1 unspecified atom stereocenters. The lowest BCUT2D eigenvalue weighted by atomic mass is 9.79. The van der Waals surface area contributed by atoms with Crippen molar-refractivity contribution >= 4 is 16.3 Å². The van der Waals surface area contributed by atoms with Gasteiger partial charge in [0.15, 0.2) is 6.21 Å². The van der Waals surface area contributed by atoms with Gasteiger partial charge in [-0.05, 0) is 85.2 Å². The van der Waals surface area contributed by atoms with Crippen LogP contribution in [0.4, 0.5) is 0 Å². The van der Waals surface area contributed by atoms with Crippen LogP contribution in [0.25, 0.3) is 0 Å². The fourth-order valence-electron chi connectivity index (χ4n) is 5.38. The third kappa shape index (κ3) is 7.13. The smallest absolute Gasteiger partial charge is 0.170 e. The molecule has 0 spiro atoms. The molecule has 0 fully saturated rings. The van der Waals surface area contributed by atoms with Gasteiger partial charge in [0, 0.05) is 12.0 Å². The number of rotatable bonds is 6. The molecule has 4 aromatic carbocycles. The Morgan fingerprint density at radius 3 is 2.20 bits per heavy atom. The summed E-state index contributed by atoms with van der Waals surface area (Å²) in [5, 5.41) is 12.1. The summed E-state index contributed by atoms with van der Waals surface area (Å²) in [5.74, 6) is 0. The maximum absolute atomic E-state index is 12.1. The first-order chi connectivity index (χ1) is 19.1. The summed E-state index contributed by atoms with van der Waals surface area (Å²) >= 11 is 0. The van der Waals surface area contributed by atoms with Gasteiger partial charge in [0.2, 0.25) is 0 Å².